The van der Waals surface area contributed by atoms with Gasteiger partial charge in [-0.25, -0.2) is 4.79 Å². The molecule has 0 aromatic rings. The van der Waals surface area contributed by atoms with Crippen molar-refractivity contribution in [3.8, 4) is 0 Å². The summed E-state index contributed by atoms with van der Waals surface area (Å²) in [5, 5.41) is 17.9. The van der Waals surface area contributed by atoms with Crippen LogP contribution in [0.5, 0.6) is 0 Å². The second-order valence-corrected chi connectivity index (χ2v) is 4.32. The normalized spacial score (nSPS) is 22.3. The molecule has 0 saturated heterocycles. The minimum atomic E-state index is -1.12. The number of hydrogen-bond acceptors (Lipinski definition) is 3. The molecule has 0 amide bonds. The summed E-state index contributed by atoms with van der Waals surface area (Å²) in [5.41, 5.74) is -1.12. The molecule has 0 aromatic heterocycles. The Hall–Kier alpha value is -0.610. The number of carboxylic acids is 1. The van der Waals surface area contributed by atoms with Gasteiger partial charge in [-0.15, -0.1) is 0 Å². The molecule has 88 valence electrons. The van der Waals surface area contributed by atoms with Crippen LogP contribution in [-0.2, 0) is 9.53 Å². The first-order chi connectivity index (χ1) is 7.11. The van der Waals surface area contributed by atoms with Crippen molar-refractivity contribution in [3.63, 3.8) is 0 Å². The van der Waals surface area contributed by atoms with E-state index < -0.39 is 11.6 Å². The van der Waals surface area contributed by atoms with E-state index in [1.807, 2.05) is 0 Å². The molecule has 1 aliphatic rings. The van der Waals surface area contributed by atoms with E-state index in [0.717, 1.165) is 25.7 Å². The van der Waals surface area contributed by atoms with Crippen LogP contribution < -0.4 is 0 Å². The van der Waals surface area contributed by atoms with E-state index in [4.69, 9.17) is 9.84 Å². The molecular weight excluding hydrogens is 196 g/mol. The van der Waals surface area contributed by atoms with Crippen molar-refractivity contribution >= 4 is 5.97 Å². The Labute approximate surface area is 90.2 Å². The van der Waals surface area contributed by atoms with E-state index in [1.54, 1.807) is 6.92 Å². The largest absolute Gasteiger partial charge is 0.479 e. The Morgan fingerprint density at radius 1 is 1.40 bits per heavy atom. The average Bonchev–Trinajstić information content (AvgIpc) is 2.27. The van der Waals surface area contributed by atoms with Crippen molar-refractivity contribution in [3.05, 3.63) is 0 Å². The van der Waals surface area contributed by atoms with Gasteiger partial charge in [0.25, 0.3) is 0 Å². The zero-order chi connectivity index (χ0) is 11.3. The smallest absolute Gasteiger partial charge is 0.335 e. The summed E-state index contributed by atoms with van der Waals surface area (Å²) in [6, 6.07) is 0. The maximum absolute atomic E-state index is 11.2. The second-order valence-electron chi connectivity index (χ2n) is 4.32. The highest BCUT2D eigenvalue weighted by Gasteiger charge is 2.42. The lowest BCUT2D eigenvalue weighted by Gasteiger charge is -2.36. The van der Waals surface area contributed by atoms with Crippen molar-refractivity contribution in [2.24, 2.45) is 5.92 Å². The number of hydrogen-bond donors (Lipinski definition) is 2. The summed E-state index contributed by atoms with van der Waals surface area (Å²) < 4.78 is 5.33. The summed E-state index contributed by atoms with van der Waals surface area (Å²) in [7, 11) is 0. The van der Waals surface area contributed by atoms with Gasteiger partial charge in [-0.1, -0.05) is 19.3 Å². The van der Waals surface area contributed by atoms with Crippen molar-refractivity contribution in [1.82, 2.24) is 0 Å². The fraction of sp³-hybridized carbons (Fsp3) is 0.909. The van der Waals surface area contributed by atoms with Crippen LogP contribution in [0.4, 0.5) is 0 Å². The van der Waals surface area contributed by atoms with Crippen molar-refractivity contribution in [1.29, 1.82) is 0 Å². The molecule has 1 saturated carbocycles. The molecule has 1 fully saturated rings. The van der Waals surface area contributed by atoms with E-state index in [1.165, 1.54) is 6.42 Å². The van der Waals surface area contributed by atoms with Gasteiger partial charge in [0, 0.05) is 0 Å². The number of ether oxygens (including phenoxy) is 1. The van der Waals surface area contributed by atoms with Crippen LogP contribution in [0.1, 0.15) is 39.0 Å². The van der Waals surface area contributed by atoms with E-state index in [9.17, 15) is 9.90 Å². The molecule has 0 aliphatic heterocycles. The van der Waals surface area contributed by atoms with Gasteiger partial charge in [0.2, 0.25) is 0 Å². The first kappa shape index (κ1) is 12.5. The van der Waals surface area contributed by atoms with Crippen LogP contribution in [0.2, 0.25) is 0 Å². The summed E-state index contributed by atoms with van der Waals surface area (Å²) in [6.07, 6.45) is 5.17. The van der Waals surface area contributed by atoms with E-state index in [-0.39, 0.29) is 19.1 Å². The first-order valence-corrected chi connectivity index (χ1v) is 5.59. The summed E-state index contributed by atoms with van der Waals surface area (Å²) >= 11 is 0. The SMILES string of the molecule is CC(OCCO)(C(=O)O)C1CCCCC1. The molecule has 1 aliphatic carbocycles. The third-order valence-corrected chi connectivity index (χ3v) is 3.30. The zero-order valence-electron chi connectivity index (χ0n) is 9.24. The fourth-order valence-corrected chi connectivity index (χ4v) is 2.27. The van der Waals surface area contributed by atoms with Gasteiger partial charge in [-0.3, -0.25) is 0 Å². The maximum atomic E-state index is 11.2. The van der Waals surface area contributed by atoms with E-state index in [2.05, 4.69) is 0 Å². The molecule has 0 radical (unpaired) electrons. The van der Waals surface area contributed by atoms with Gasteiger partial charge in [0.15, 0.2) is 5.60 Å². The molecule has 0 aromatic carbocycles. The molecule has 0 heterocycles. The highest BCUT2D eigenvalue weighted by atomic mass is 16.5. The second kappa shape index (κ2) is 5.47. The fourth-order valence-electron chi connectivity index (χ4n) is 2.27. The molecule has 1 atom stereocenters. The highest BCUT2D eigenvalue weighted by Crippen LogP contribution is 2.35. The summed E-state index contributed by atoms with van der Waals surface area (Å²) in [4.78, 5) is 11.2. The molecule has 4 heteroatoms. The lowest BCUT2D eigenvalue weighted by atomic mass is 9.77. The molecule has 1 rings (SSSR count). The van der Waals surface area contributed by atoms with Crippen molar-refractivity contribution in [2.75, 3.05) is 13.2 Å². The Kier molecular flexibility index (Phi) is 4.54. The third kappa shape index (κ3) is 2.92. The average molecular weight is 216 g/mol. The number of aliphatic hydroxyl groups is 1. The highest BCUT2D eigenvalue weighted by molar-refractivity contribution is 5.77. The van der Waals surface area contributed by atoms with Crippen LogP contribution in [0.15, 0.2) is 0 Å². The Morgan fingerprint density at radius 3 is 2.47 bits per heavy atom. The van der Waals surface area contributed by atoms with Crippen LogP contribution in [-0.4, -0.2) is 35.0 Å². The number of carbonyl (C=O) groups is 1. The molecule has 4 nitrogen and oxygen atoms in total. The molecule has 15 heavy (non-hydrogen) atoms. The predicted octanol–water partition coefficient (Wildman–Crippen LogP) is 1.42. The molecule has 1 unspecified atom stereocenters. The van der Waals surface area contributed by atoms with E-state index >= 15 is 0 Å². The first-order valence-electron chi connectivity index (χ1n) is 5.59. The minimum absolute atomic E-state index is 0.0790. The molecule has 0 bridgehead atoms. The van der Waals surface area contributed by atoms with Crippen LogP contribution in [0.3, 0.4) is 0 Å². The topological polar surface area (TPSA) is 66.8 Å². The van der Waals surface area contributed by atoms with Gasteiger partial charge < -0.3 is 14.9 Å². The Morgan fingerprint density at radius 2 is 2.00 bits per heavy atom. The van der Waals surface area contributed by atoms with Gasteiger partial charge in [-0.05, 0) is 25.7 Å². The van der Waals surface area contributed by atoms with Crippen molar-refractivity contribution in [2.45, 2.75) is 44.6 Å². The zero-order valence-corrected chi connectivity index (χ0v) is 9.24. The van der Waals surface area contributed by atoms with Crippen LogP contribution >= 0.6 is 0 Å². The van der Waals surface area contributed by atoms with Crippen LogP contribution in [0, 0.1) is 5.92 Å². The quantitative estimate of drug-likeness (QED) is 0.729. The monoisotopic (exact) mass is 216 g/mol. The van der Waals surface area contributed by atoms with Gasteiger partial charge in [-0.2, -0.15) is 0 Å². The van der Waals surface area contributed by atoms with Gasteiger partial charge in [0.05, 0.1) is 13.2 Å². The third-order valence-electron chi connectivity index (χ3n) is 3.30. The lowest BCUT2D eigenvalue weighted by molar-refractivity contribution is -0.175. The maximum Gasteiger partial charge on any atom is 0.335 e. The van der Waals surface area contributed by atoms with E-state index in [0.29, 0.717) is 0 Å². The number of aliphatic hydroxyl groups excluding tert-OH is 1. The Balaban J connectivity index is 2.65. The summed E-state index contributed by atoms with van der Waals surface area (Å²) in [6.45, 7) is 1.59. The standard InChI is InChI=1S/C11H20O4/c1-11(10(13)14,15-8-7-12)9-5-3-2-4-6-9/h9,12H,2-8H2,1H3,(H,13,14). The summed E-state index contributed by atoms with van der Waals surface area (Å²) in [5.74, 6) is -0.835. The Bertz CT molecular complexity index is 211. The number of aliphatic carboxylic acids is 1. The van der Waals surface area contributed by atoms with Gasteiger partial charge >= 0.3 is 5.97 Å². The molecule has 2 N–H and O–H groups in total. The van der Waals surface area contributed by atoms with Crippen molar-refractivity contribution < 1.29 is 19.7 Å². The number of carboxylic acid groups (broad SMARTS) is 1. The number of rotatable bonds is 5. The van der Waals surface area contributed by atoms with Crippen LogP contribution in [0.25, 0.3) is 0 Å². The molecular formula is C11H20O4. The molecule has 0 spiro atoms. The van der Waals surface area contributed by atoms with Gasteiger partial charge in [0.1, 0.15) is 0 Å². The minimum Gasteiger partial charge on any atom is -0.479 e. The predicted molar refractivity (Wildman–Crippen MR) is 55.7 cm³/mol. The lowest BCUT2D eigenvalue weighted by Crippen LogP contribution is -2.47.